The van der Waals surface area contributed by atoms with Gasteiger partial charge in [0, 0.05) is 25.1 Å². The molecule has 2 aliphatic heterocycles. The lowest BCUT2D eigenvalue weighted by atomic mass is 10.0. The Morgan fingerprint density at radius 2 is 2.19 bits per heavy atom. The van der Waals surface area contributed by atoms with E-state index in [2.05, 4.69) is 34.4 Å². The first-order valence-electron chi connectivity index (χ1n) is 10.4. The second kappa shape index (κ2) is 8.01. The molecule has 4 heterocycles. The number of anilines is 2. The number of benzene rings is 1. The summed E-state index contributed by atoms with van der Waals surface area (Å²) in [7, 11) is 1.63. The van der Waals surface area contributed by atoms with E-state index in [0.29, 0.717) is 24.4 Å². The van der Waals surface area contributed by atoms with E-state index < -0.39 is 0 Å². The summed E-state index contributed by atoms with van der Waals surface area (Å²) in [6, 6.07) is 6.17. The number of urea groups is 1. The molecule has 1 aromatic carbocycles. The third-order valence-electron chi connectivity index (χ3n) is 5.78. The molecule has 0 spiro atoms. The molecule has 0 aliphatic carbocycles. The number of carbonyl (C=O) groups is 1. The highest BCUT2D eigenvalue weighted by Crippen LogP contribution is 2.41. The van der Waals surface area contributed by atoms with Crippen molar-refractivity contribution < 1.29 is 18.7 Å². The predicted molar refractivity (Wildman–Crippen MR) is 118 cm³/mol. The van der Waals surface area contributed by atoms with Gasteiger partial charge in [0.05, 0.1) is 36.4 Å². The minimum absolute atomic E-state index is 0.0213. The summed E-state index contributed by atoms with van der Waals surface area (Å²) in [6.07, 6.45) is 1.58. The van der Waals surface area contributed by atoms with Gasteiger partial charge in [-0.2, -0.15) is 4.98 Å². The standard InChI is InChI=1S/C21H25N5O4S/c1-11-8-16-18(31-20(23-16)25-19(27)22-13-6-7-29-10-13)12(2)26(11)21-24-15-9-14(28-3)4-5-17(15)30-21/h4-5,9,11-13H,6-8,10H2,1-3H3,(H2,22,23,25,27)/t11-,12+,13+/m1/s1. The van der Waals surface area contributed by atoms with E-state index in [1.54, 1.807) is 7.11 Å². The van der Waals surface area contributed by atoms with Crippen LogP contribution < -0.4 is 20.3 Å². The lowest BCUT2D eigenvalue weighted by molar-refractivity contribution is 0.189. The van der Waals surface area contributed by atoms with Gasteiger partial charge in [-0.15, -0.1) is 0 Å². The Hall–Kier alpha value is -2.85. The summed E-state index contributed by atoms with van der Waals surface area (Å²) in [5.41, 5.74) is 2.50. The van der Waals surface area contributed by atoms with Crippen molar-refractivity contribution >= 4 is 39.6 Å². The van der Waals surface area contributed by atoms with Crippen LogP contribution in [0.5, 0.6) is 5.75 Å². The number of hydrogen-bond donors (Lipinski definition) is 2. The van der Waals surface area contributed by atoms with Crippen LogP contribution in [0.25, 0.3) is 11.1 Å². The minimum atomic E-state index is -0.243. The highest BCUT2D eigenvalue weighted by molar-refractivity contribution is 7.16. The van der Waals surface area contributed by atoms with Crippen molar-refractivity contribution in [3.05, 3.63) is 28.8 Å². The predicted octanol–water partition coefficient (Wildman–Crippen LogP) is 3.72. The van der Waals surface area contributed by atoms with Gasteiger partial charge in [0.25, 0.3) is 6.01 Å². The van der Waals surface area contributed by atoms with Gasteiger partial charge in [-0.3, -0.25) is 5.32 Å². The number of nitrogens with one attached hydrogen (secondary N) is 2. The largest absolute Gasteiger partial charge is 0.497 e. The van der Waals surface area contributed by atoms with Gasteiger partial charge < -0.3 is 24.1 Å². The number of fused-ring (bicyclic) bond motifs is 2. The van der Waals surface area contributed by atoms with E-state index in [4.69, 9.17) is 18.9 Å². The van der Waals surface area contributed by atoms with Crippen molar-refractivity contribution in [2.45, 2.75) is 44.8 Å². The molecule has 31 heavy (non-hydrogen) atoms. The lowest BCUT2D eigenvalue weighted by Gasteiger charge is -2.36. The molecule has 0 bridgehead atoms. The summed E-state index contributed by atoms with van der Waals surface area (Å²) in [5.74, 6) is 0.745. The van der Waals surface area contributed by atoms with Crippen LogP contribution in [0, 0.1) is 0 Å². The first-order chi connectivity index (χ1) is 15.0. The molecule has 10 heteroatoms. The van der Waals surface area contributed by atoms with Crippen LogP contribution in [0.15, 0.2) is 22.6 Å². The number of carbonyl (C=O) groups excluding carboxylic acids is 1. The summed E-state index contributed by atoms with van der Waals surface area (Å²) in [4.78, 5) is 25.0. The number of hydrogen-bond acceptors (Lipinski definition) is 8. The molecule has 3 atom stereocenters. The monoisotopic (exact) mass is 443 g/mol. The Morgan fingerprint density at radius 3 is 2.97 bits per heavy atom. The van der Waals surface area contributed by atoms with Crippen molar-refractivity contribution in [1.29, 1.82) is 0 Å². The maximum absolute atomic E-state index is 12.3. The van der Waals surface area contributed by atoms with E-state index in [9.17, 15) is 4.79 Å². The molecule has 9 nitrogen and oxygen atoms in total. The number of methoxy groups -OCH3 is 1. The molecule has 5 rings (SSSR count). The van der Waals surface area contributed by atoms with Crippen molar-refractivity contribution in [2.24, 2.45) is 0 Å². The Balaban J connectivity index is 1.36. The molecule has 0 unspecified atom stereocenters. The average Bonchev–Trinajstić information content (AvgIpc) is 3.47. The second-order valence-corrected chi connectivity index (χ2v) is 8.99. The topological polar surface area (TPSA) is 102 Å². The van der Waals surface area contributed by atoms with Gasteiger partial charge in [-0.05, 0) is 32.4 Å². The molecule has 1 fully saturated rings. The van der Waals surface area contributed by atoms with Crippen LogP contribution in [0.1, 0.15) is 36.9 Å². The molecule has 164 valence electrons. The molecule has 1 saturated heterocycles. The minimum Gasteiger partial charge on any atom is -0.497 e. The van der Waals surface area contributed by atoms with Crippen LogP contribution >= 0.6 is 11.3 Å². The van der Waals surface area contributed by atoms with Crippen LogP contribution in [0.4, 0.5) is 15.9 Å². The molecule has 0 saturated carbocycles. The maximum Gasteiger partial charge on any atom is 0.321 e. The highest BCUT2D eigenvalue weighted by atomic mass is 32.1. The molecular weight excluding hydrogens is 418 g/mol. The molecule has 2 aliphatic rings. The van der Waals surface area contributed by atoms with Gasteiger partial charge in [0.1, 0.15) is 11.3 Å². The van der Waals surface area contributed by atoms with Gasteiger partial charge in [-0.25, -0.2) is 9.78 Å². The number of ether oxygens (including phenoxy) is 2. The van der Waals surface area contributed by atoms with Crippen LogP contribution in [-0.2, 0) is 11.2 Å². The van der Waals surface area contributed by atoms with Gasteiger partial charge in [0.2, 0.25) is 0 Å². The Labute approximate surface area is 183 Å². The van der Waals surface area contributed by atoms with Crippen molar-refractivity contribution in [3.63, 3.8) is 0 Å². The third-order valence-corrected chi connectivity index (χ3v) is 6.96. The highest BCUT2D eigenvalue weighted by Gasteiger charge is 2.35. The summed E-state index contributed by atoms with van der Waals surface area (Å²) < 4.78 is 16.7. The first kappa shape index (κ1) is 20.1. The third kappa shape index (κ3) is 3.81. The van der Waals surface area contributed by atoms with E-state index in [1.807, 2.05) is 18.2 Å². The Bertz CT molecular complexity index is 1110. The Kier molecular flexibility index (Phi) is 5.19. The SMILES string of the molecule is COc1ccc2oc(N3[C@H](C)Cc4nc(NC(=O)N[C@H]5CCOC5)sc4[C@@H]3C)nc2c1. The van der Waals surface area contributed by atoms with E-state index in [-0.39, 0.29) is 24.2 Å². The number of oxazole rings is 1. The number of nitrogens with zero attached hydrogens (tertiary/aromatic N) is 3. The van der Waals surface area contributed by atoms with Crippen molar-refractivity contribution in [2.75, 3.05) is 30.5 Å². The van der Waals surface area contributed by atoms with Gasteiger partial charge in [-0.1, -0.05) is 11.3 Å². The van der Waals surface area contributed by atoms with E-state index in [1.165, 1.54) is 11.3 Å². The number of rotatable bonds is 4. The van der Waals surface area contributed by atoms with Crippen LogP contribution in [-0.4, -0.2) is 48.4 Å². The summed E-state index contributed by atoms with van der Waals surface area (Å²) in [5, 5.41) is 6.41. The molecule has 3 aromatic rings. The fourth-order valence-corrected chi connectivity index (χ4v) is 5.27. The van der Waals surface area contributed by atoms with E-state index in [0.717, 1.165) is 40.3 Å². The van der Waals surface area contributed by atoms with Gasteiger partial charge >= 0.3 is 6.03 Å². The number of aromatic nitrogens is 2. The smallest absolute Gasteiger partial charge is 0.321 e. The molecule has 2 N–H and O–H groups in total. The fourth-order valence-electron chi connectivity index (χ4n) is 4.23. The molecule has 2 aromatic heterocycles. The summed E-state index contributed by atoms with van der Waals surface area (Å²) in [6.45, 7) is 5.49. The molecule has 0 radical (unpaired) electrons. The first-order valence-corrected chi connectivity index (χ1v) is 11.2. The van der Waals surface area contributed by atoms with Crippen molar-refractivity contribution in [3.8, 4) is 5.75 Å². The Morgan fingerprint density at radius 1 is 1.32 bits per heavy atom. The zero-order chi connectivity index (χ0) is 21.5. The van der Waals surface area contributed by atoms with Crippen molar-refractivity contribution in [1.82, 2.24) is 15.3 Å². The molecular formula is C21H25N5O4S. The normalized spacial score (nSPS) is 23.1. The zero-order valence-electron chi connectivity index (χ0n) is 17.7. The maximum atomic E-state index is 12.3. The average molecular weight is 444 g/mol. The number of amides is 2. The zero-order valence-corrected chi connectivity index (χ0v) is 18.5. The van der Waals surface area contributed by atoms with E-state index >= 15 is 0 Å². The van der Waals surface area contributed by atoms with Crippen LogP contribution in [0.3, 0.4) is 0 Å². The number of thiazole rings is 1. The quantitative estimate of drug-likeness (QED) is 0.634. The second-order valence-electron chi connectivity index (χ2n) is 7.96. The fraction of sp³-hybridized carbons (Fsp3) is 0.476. The molecule has 2 amide bonds. The summed E-state index contributed by atoms with van der Waals surface area (Å²) >= 11 is 1.50. The van der Waals surface area contributed by atoms with Gasteiger partial charge in [0.15, 0.2) is 10.7 Å². The van der Waals surface area contributed by atoms with Crippen LogP contribution in [0.2, 0.25) is 0 Å². The lowest BCUT2D eigenvalue weighted by Crippen LogP contribution is -2.41.